The SMILES string of the molecule is CCCCCCCCCCCCCCCC(=O)OC[C@@H]1CC[C@H](n2ccc(/N=C/N(C)C)nc2=O)O1. The third-order valence-electron chi connectivity index (χ3n) is 6.55. The van der Waals surface area contributed by atoms with Gasteiger partial charge in [0.2, 0.25) is 0 Å². The van der Waals surface area contributed by atoms with Gasteiger partial charge in [-0.05, 0) is 25.3 Å². The normalized spacial score (nSPS) is 17.6. The highest BCUT2D eigenvalue weighted by Gasteiger charge is 2.28. The summed E-state index contributed by atoms with van der Waals surface area (Å²) in [4.78, 5) is 34.4. The first kappa shape index (κ1) is 30.0. The molecule has 0 aliphatic carbocycles. The van der Waals surface area contributed by atoms with Crippen molar-refractivity contribution in [2.24, 2.45) is 4.99 Å². The van der Waals surface area contributed by atoms with Gasteiger partial charge in [0.05, 0.1) is 12.4 Å². The van der Waals surface area contributed by atoms with Crippen LogP contribution in [0.3, 0.4) is 0 Å². The molecule has 8 heteroatoms. The van der Waals surface area contributed by atoms with Gasteiger partial charge in [-0.3, -0.25) is 9.36 Å². The molecule has 36 heavy (non-hydrogen) atoms. The van der Waals surface area contributed by atoms with E-state index in [9.17, 15) is 9.59 Å². The number of unbranched alkanes of at least 4 members (excludes halogenated alkanes) is 12. The number of esters is 1. The van der Waals surface area contributed by atoms with E-state index in [1.54, 1.807) is 23.5 Å². The zero-order valence-corrected chi connectivity index (χ0v) is 22.8. The van der Waals surface area contributed by atoms with Crippen molar-refractivity contribution in [2.45, 2.75) is 122 Å². The second-order valence-corrected chi connectivity index (χ2v) is 10.1. The Morgan fingerprint density at radius 2 is 1.67 bits per heavy atom. The van der Waals surface area contributed by atoms with Crippen molar-refractivity contribution >= 4 is 18.1 Å². The minimum atomic E-state index is -0.395. The fraction of sp³-hybridized carbons (Fsp3) is 0.786. The van der Waals surface area contributed by atoms with Crippen molar-refractivity contribution in [1.29, 1.82) is 0 Å². The fourth-order valence-electron chi connectivity index (χ4n) is 4.43. The molecule has 0 bridgehead atoms. The minimum absolute atomic E-state index is 0.160. The van der Waals surface area contributed by atoms with Crippen molar-refractivity contribution in [3.63, 3.8) is 0 Å². The van der Waals surface area contributed by atoms with Gasteiger partial charge in [0.25, 0.3) is 0 Å². The van der Waals surface area contributed by atoms with Crippen LogP contribution in [0, 0.1) is 0 Å². The molecule has 0 spiro atoms. The van der Waals surface area contributed by atoms with Gasteiger partial charge in [0.1, 0.15) is 12.8 Å². The van der Waals surface area contributed by atoms with E-state index in [4.69, 9.17) is 9.47 Å². The number of carbonyl (C=O) groups excluding carboxylic acids is 1. The summed E-state index contributed by atoms with van der Waals surface area (Å²) in [6.07, 6.45) is 21.3. The number of rotatable bonds is 19. The number of carbonyl (C=O) groups is 1. The Kier molecular flexibility index (Phi) is 15.1. The third-order valence-corrected chi connectivity index (χ3v) is 6.55. The Bertz CT molecular complexity index is 824. The molecule has 1 aliphatic heterocycles. The predicted octanol–water partition coefficient (Wildman–Crippen LogP) is 6.17. The Hall–Kier alpha value is -2.22. The highest BCUT2D eigenvalue weighted by molar-refractivity contribution is 5.69. The summed E-state index contributed by atoms with van der Waals surface area (Å²) >= 11 is 0. The van der Waals surface area contributed by atoms with Crippen LogP contribution in [-0.2, 0) is 14.3 Å². The van der Waals surface area contributed by atoms with E-state index in [0.29, 0.717) is 18.7 Å². The molecule has 0 aromatic carbocycles. The van der Waals surface area contributed by atoms with Gasteiger partial charge in [0.15, 0.2) is 5.82 Å². The average Bonchev–Trinajstić information content (AvgIpc) is 3.33. The highest BCUT2D eigenvalue weighted by atomic mass is 16.6. The van der Waals surface area contributed by atoms with E-state index in [1.165, 1.54) is 75.2 Å². The van der Waals surface area contributed by atoms with E-state index >= 15 is 0 Å². The van der Waals surface area contributed by atoms with Crippen LogP contribution in [0.2, 0.25) is 0 Å². The number of hydrogen-bond donors (Lipinski definition) is 0. The molecule has 0 N–H and O–H groups in total. The Morgan fingerprint density at radius 3 is 2.25 bits per heavy atom. The zero-order valence-electron chi connectivity index (χ0n) is 22.8. The summed E-state index contributed by atoms with van der Waals surface area (Å²) in [5, 5.41) is 0. The van der Waals surface area contributed by atoms with Gasteiger partial charge >= 0.3 is 11.7 Å². The fourth-order valence-corrected chi connectivity index (χ4v) is 4.43. The Labute approximate surface area is 217 Å². The standard InChI is InChI=1S/C28H48N4O4/c1-4-5-6-7-8-9-10-11-12-13-14-15-16-17-27(33)35-22-24-18-19-26(36-24)32-21-20-25(30-28(32)34)29-23-31(2)3/h20-21,23-24,26H,4-19,22H2,1-3H3/b29-23+/t24-,26+/m0/s1. The summed E-state index contributed by atoms with van der Waals surface area (Å²) in [5.74, 6) is 0.202. The summed E-state index contributed by atoms with van der Waals surface area (Å²) < 4.78 is 12.8. The molecule has 8 nitrogen and oxygen atoms in total. The molecule has 2 atom stereocenters. The van der Waals surface area contributed by atoms with Crippen LogP contribution in [0.4, 0.5) is 5.82 Å². The van der Waals surface area contributed by atoms with Crippen molar-refractivity contribution in [2.75, 3.05) is 20.7 Å². The Morgan fingerprint density at radius 1 is 1.06 bits per heavy atom. The number of aliphatic imine (C=N–C) groups is 1. The molecule has 1 fully saturated rings. The lowest BCUT2D eigenvalue weighted by Gasteiger charge is -2.15. The molecule has 0 saturated carbocycles. The van der Waals surface area contributed by atoms with E-state index < -0.39 is 5.69 Å². The highest BCUT2D eigenvalue weighted by Crippen LogP contribution is 2.27. The van der Waals surface area contributed by atoms with Crippen molar-refractivity contribution in [1.82, 2.24) is 14.5 Å². The molecular weight excluding hydrogens is 456 g/mol. The van der Waals surface area contributed by atoms with Gasteiger partial charge in [-0.25, -0.2) is 9.79 Å². The number of aromatic nitrogens is 2. The second-order valence-electron chi connectivity index (χ2n) is 10.1. The van der Waals surface area contributed by atoms with E-state index in [0.717, 1.165) is 19.3 Å². The van der Waals surface area contributed by atoms with Gasteiger partial charge < -0.3 is 14.4 Å². The number of hydrogen-bond acceptors (Lipinski definition) is 6. The molecule has 0 amide bonds. The molecule has 1 aromatic rings. The summed E-state index contributed by atoms with van der Waals surface area (Å²) in [6, 6.07) is 1.69. The molecule has 1 aromatic heterocycles. The molecule has 0 radical (unpaired) electrons. The lowest BCUT2D eigenvalue weighted by atomic mass is 10.0. The smallest absolute Gasteiger partial charge is 0.351 e. The number of nitrogens with zero attached hydrogens (tertiary/aromatic N) is 4. The maximum Gasteiger partial charge on any atom is 0.351 e. The molecule has 204 valence electrons. The van der Waals surface area contributed by atoms with E-state index in [2.05, 4.69) is 16.9 Å². The summed E-state index contributed by atoms with van der Waals surface area (Å²) in [5.41, 5.74) is -0.395. The predicted molar refractivity (Wildman–Crippen MR) is 145 cm³/mol. The first-order valence-electron chi connectivity index (χ1n) is 14.1. The van der Waals surface area contributed by atoms with Gasteiger partial charge in [0, 0.05) is 26.7 Å². The van der Waals surface area contributed by atoms with Gasteiger partial charge in [-0.15, -0.1) is 0 Å². The molecule has 1 saturated heterocycles. The average molecular weight is 505 g/mol. The van der Waals surface area contributed by atoms with Gasteiger partial charge in [-0.1, -0.05) is 84.0 Å². The van der Waals surface area contributed by atoms with Crippen LogP contribution in [0.25, 0.3) is 0 Å². The largest absolute Gasteiger partial charge is 0.463 e. The first-order chi connectivity index (χ1) is 17.5. The monoisotopic (exact) mass is 504 g/mol. The molecule has 2 rings (SSSR count). The first-order valence-corrected chi connectivity index (χ1v) is 14.1. The van der Waals surface area contributed by atoms with Crippen LogP contribution >= 0.6 is 0 Å². The quantitative estimate of drug-likeness (QED) is 0.0969. The van der Waals surface area contributed by atoms with E-state index in [1.807, 2.05) is 14.1 Å². The van der Waals surface area contributed by atoms with Gasteiger partial charge in [-0.2, -0.15) is 4.98 Å². The third kappa shape index (κ3) is 12.7. The Balaban J connectivity index is 1.50. The molecular formula is C28H48N4O4. The van der Waals surface area contributed by atoms with Crippen LogP contribution in [0.5, 0.6) is 0 Å². The zero-order chi connectivity index (χ0) is 26.0. The lowest BCUT2D eigenvalue weighted by molar-refractivity contribution is -0.148. The maximum atomic E-state index is 12.3. The molecule has 0 unspecified atom stereocenters. The molecule has 2 heterocycles. The van der Waals surface area contributed by atoms with Crippen LogP contribution in [0.1, 0.15) is 116 Å². The minimum Gasteiger partial charge on any atom is -0.463 e. The van der Waals surface area contributed by atoms with E-state index in [-0.39, 0.29) is 24.9 Å². The van der Waals surface area contributed by atoms with Crippen molar-refractivity contribution < 1.29 is 14.3 Å². The molecule has 1 aliphatic rings. The van der Waals surface area contributed by atoms with Crippen LogP contribution in [-0.4, -0.2) is 53.6 Å². The van der Waals surface area contributed by atoms with Crippen molar-refractivity contribution in [3.8, 4) is 0 Å². The van der Waals surface area contributed by atoms with Crippen LogP contribution in [0.15, 0.2) is 22.1 Å². The summed E-state index contributed by atoms with van der Waals surface area (Å²) in [6.45, 7) is 2.50. The maximum absolute atomic E-state index is 12.3. The number of ether oxygens (including phenoxy) is 2. The lowest BCUT2D eigenvalue weighted by Crippen LogP contribution is -2.27. The van der Waals surface area contributed by atoms with Crippen molar-refractivity contribution in [3.05, 3.63) is 22.7 Å². The second kappa shape index (κ2) is 18.1. The summed E-state index contributed by atoms with van der Waals surface area (Å²) in [7, 11) is 3.70. The van der Waals surface area contributed by atoms with Crippen LogP contribution < -0.4 is 5.69 Å². The topological polar surface area (TPSA) is 86.0 Å².